The fourth-order valence-corrected chi connectivity index (χ4v) is 6.29. The molecule has 0 atom stereocenters. The van der Waals surface area contributed by atoms with Gasteiger partial charge in [0.15, 0.2) is 20.8 Å². The molecular weight excluding hydrogens is 435 g/mol. The van der Waals surface area contributed by atoms with E-state index in [2.05, 4.69) is 15.1 Å². The van der Waals surface area contributed by atoms with Gasteiger partial charge in [0.1, 0.15) is 5.82 Å². The van der Waals surface area contributed by atoms with Crippen LogP contribution in [0.5, 0.6) is 0 Å². The van der Waals surface area contributed by atoms with E-state index in [1.807, 2.05) is 4.57 Å². The number of nitrogens with zero attached hydrogens (tertiary/aromatic N) is 4. The topological polar surface area (TPSA) is 68.1 Å². The summed E-state index contributed by atoms with van der Waals surface area (Å²) in [5.41, 5.74) is 0.770. The molecule has 6 nitrogen and oxygen atoms in total. The Balaban J connectivity index is 1.53. The first-order valence-corrected chi connectivity index (χ1v) is 13.0. The quantitative estimate of drug-likeness (QED) is 0.474. The van der Waals surface area contributed by atoms with Crippen molar-refractivity contribution in [2.45, 2.75) is 35.9 Å². The van der Waals surface area contributed by atoms with Crippen molar-refractivity contribution in [3.05, 3.63) is 66.2 Å². The Morgan fingerprint density at radius 2 is 1.65 bits per heavy atom. The lowest BCUT2D eigenvalue weighted by molar-refractivity contribution is 0.214. The highest BCUT2D eigenvalue weighted by molar-refractivity contribution is 8.00. The number of hydrogen-bond acceptors (Lipinski definition) is 6. The summed E-state index contributed by atoms with van der Waals surface area (Å²) in [7, 11) is -3.37. The maximum atomic E-state index is 13.5. The van der Waals surface area contributed by atoms with Crippen LogP contribution in [0.1, 0.15) is 25.1 Å². The third-order valence-electron chi connectivity index (χ3n) is 5.28. The van der Waals surface area contributed by atoms with Crippen molar-refractivity contribution in [3.8, 4) is 5.69 Å². The molecular formula is C22H25FN4O2S2. The van der Waals surface area contributed by atoms with Crippen LogP contribution < -0.4 is 0 Å². The minimum atomic E-state index is -3.37. The predicted molar refractivity (Wildman–Crippen MR) is 120 cm³/mol. The Labute approximate surface area is 186 Å². The second-order valence-electron chi connectivity index (χ2n) is 7.53. The Hall–Kier alpha value is -2.23. The van der Waals surface area contributed by atoms with E-state index in [1.165, 1.54) is 43.2 Å². The fourth-order valence-electron chi connectivity index (χ4n) is 3.65. The van der Waals surface area contributed by atoms with Gasteiger partial charge in [-0.1, -0.05) is 36.4 Å². The summed E-state index contributed by atoms with van der Waals surface area (Å²) in [5.74, 6) is 0.819. The molecule has 0 spiro atoms. The minimum absolute atomic E-state index is 0.000579. The van der Waals surface area contributed by atoms with Gasteiger partial charge in [0.05, 0.1) is 17.2 Å². The van der Waals surface area contributed by atoms with Gasteiger partial charge in [-0.2, -0.15) is 0 Å². The van der Waals surface area contributed by atoms with Crippen LogP contribution in [0.15, 0.2) is 64.6 Å². The highest BCUT2D eigenvalue weighted by Crippen LogP contribution is 2.25. The van der Waals surface area contributed by atoms with Crippen molar-refractivity contribution in [1.82, 2.24) is 19.7 Å². The monoisotopic (exact) mass is 460 g/mol. The van der Waals surface area contributed by atoms with Crippen molar-refractivity contribution in [2.24, 2.45) is 0 Å². The standard InChI is InChI=1S/C22H25FN4O2S2/c23-18-9-11-19(12-10-18)27-21(17-26-13-5-2-6-14-26)24-25-22(27)30-15-16-31(28,29)20-7-3-1-4-8-20/h1,3-4,7-12H,2,5-6,13-17H2. The Kier molecular flexibility index (Phi) is 7.04. The van der Waals surface area contributed by atoms with Crippen LogP contribution in [0, 0.1) is 5.82 Å². The molecule has 1 saturated heterocycles. The molecule has 0 aliphatic carbocycles. The van der Waals surface area contributed by atoms with Gasteiger partial charge in [-0.05, 0) is 62.3 Å². The van der Waals surface area contributed by atoms with Crippen molar-refractivity contribution >= 4 is 21.6 Å². The van der Waals surface area contributed by atoms with Crippen LogP contribution in [0.3, 0.4) is 0 Å². The number of thioether (sulfide) groups is 1. The highest BCUT2D eigenvalue weighted by Gasteiger charge is 2.20. The molecule has 0 amide bonds. The van der Waals surface area contributed by atoms with Crippen molar-refractivity contribution < 1.29 is 12.8 Å². The molecule has 0 radical (unpaired) electrons. The van der Waals surface area contributed by atoms with E-state index in [-0.39, 0.29) is 11.6 Å². The molecule has 0 bridgehead atoms. The van der Waals surface area contributed by atoms with Crippen LogP contribution in [-0.2, 0) is 16.4 Å². The fraction of sp³-hybridized carbons (Fsp3) is 0.364. The van der Waals surface area contributed by atoms with Gasteiger partial charge in [-0.25, -0.2) is 12.8 Å². The Bertz CT molecular complexity index is 1100. The van der Waals surface area contributed by atoms with E-state index in [4.69, 9.17) is 0 Å². The molecule has 2 heterocycles. The summed E-state index contributed by atoms with van der Waals surface area (Å²) in [5, 5.41) is 9.34. The Morgan fingerprint density at radius 1 is 0.935 bits per heavy atom. The number of hydrogen-bond donors (Lipinski definition) is 0. The van der Waals surface area contributed by atoms with Gasteiger partial charge in [0.2, 0.25) is 0 Å². The van der Waals surface area contributed by atoms with Gasteiger partial charge in [0, 0.05) is 11.4 Å². The first-order valence-electron chi connectivity index (χ1n) is 10.4. The average molecular weight is 461 g/mol. The van der Waals surface area contributed by atoms with E-state index in [0.29, 0.717) is 22.3 Å². The van der Waals surface area contributed by atoms with E-state index < -0.39 is 9.84 Å². The maximum Gasteiger partial charge on any atom is 0.195 e. The normalized spacial score (nSPS) is 15.3. The molecule has 1 aliphatic rings. The summed E-state index contributed by atoms with van der Waals surface area (Å²) >= 11 is 1.35. The number of likely N-dealkylation sites (tertiary alicyclic amines) is 1. The lowest BCUT2D eigenvalue weighted by Gasteiger charge is -2.26. The zero-order valence-corrected chi connectivity index (χ0v) is 18.8. The third kappa shape index (κ3) is 5.53. The van der Waals surface area contributed by atoms with Gasteiger partial charge >= 0.3 is 0 Å². The second kappa shape index (κ2) is 9.93. The number of halogens is 1. The molecule has 4 rings (SSSR count). The molecule has 2 aromatic carbocycles. The summed E-state index contributed by atoms with van der Waals surface area (Å²) in [6.07, 6.45) is 3.59. The highest BCUT2D eigenvalue weighted by atomic mass is 32.2. The number of sulfone groups is 1. The van der Waals surface area contributed by atoms with Crippen LogP contribution in [0.4, 0.5) is 4.39 Å². The van der Waals surface area contributed by atoms with Gasteiger partial charge < -0.3 is 0 Å². The SMILES string of the molecule is O=S(=O)(CCSc1nnc(CN2CCCCC2)n1-c1ccc(F)cc1)c1ccccc1. The van der Waals surface area contributed by atoms with Crippen molar-refractivity contribution in [1.29, 1.82) is 0 Å². The van der Waals surface area contributed by atoms with Crippen molar-refractivity contribution in [3.63, 3.8) is 0 Å². The molecule has 0 unspecified atom stereocenters. The molecule has 1 aromatic heterocycles. The molecule has 0 N–H and O–H groups in total. The summed E-state index contributed by atoms with van der Waals surface area (Å²) in [4.78, 5) is 2.67. The lowest BCUT2D eigenvalue weighted by Crippen LogP contribution is -2.30. The summed E-state index contributed by atoms with van der Waals surface area (Å²) in [6.45, 7) is 2.70. The lowest BCUT2D eigenvalue weighted by atomic mass is 10.1. The smallest absolute Gasteiger partial charge is 0.195 e. The number of benzene rings is 2. The minimum Gasteiger partial charge on any atom is -0.296 e. The Morgan fingerprint density at radius 3 is 2.35 bits per heavy atom. The molecule has 164 valence electrons. The summed E-state index contributed by atoms with van der Waals surface area (Å²) < 4.78 is 40.5. The molecule has 0 saturated carbocycles. The van der Waals surface area contributed by atoms with E-state index in [9.17, 15) is 12.8 Å². The molecule has 31 heavy (non-hydrogen) atoms. The van der Waals surface area contributed by atoms with Crippen LogP contribution in [0.25, 0.3) is 5.69 Å². The van der Waals surface area contributed by atoms with Crippen LogP contribution in [-0.4, -0.2) is 52.7 Å². The zero-order chi connectivity index (χ0) is 21.7. The summed E-state index contributed by atoms with van der Waals surface area (Å²) in [6, 6.07) is 14.7. The zero-order valence-electron chi connectivity index (χ0n) is 17.2. The molecule has 9 heteroatoms. The molecule has 1 fully saturated rings. The van der Waals surface area contributed by atoms with Gasteiger partial charge in [0.25, 0.3) is 0 Å². The molecule has 1 aliphatic heterocycles. The third-order valence-corrected chi connectivity index (χ3v) is 8.21. The van der Waals surface area contributed by atoms with Crippen LogP contribution in [0.2, 0.25) is 0 Å². The second-order valence-corrected chi connectivity index (χ2v) is 10.7. The van der Waals surface area contributed by atoms with E-state index in [1.54, 1.807) is 42.5 Å². The first-order chi connectivity index (χ1) is 15.0. The van der Waals surface area contributed by atoms with Crippen molar-refractivity contribution in [2.75, 3.05) is 24.6 Å². The maximum absolute atomic E-state index is 13.5. The number of rotatable bonds is 8. The molecule has 3 aromatic rings. The predicted octanol–water partition coefficient (Wildman–Crippen LogP) is 3.96. The van der Waals surface area contributed by atoms with Gasteiger partial charge in [-0.3, -0.25) is 9.47 Å². The first kappa shape index (κ1) is 22.0. The largest absolute Gasteiger partial charge is 0.296 e. The number of aromatic nitrogens is 3. The van der Waals surface area contributed by atoms with Crippen LogP contribution >= 0.6 is 11.8 Å². The van der Waals surface area contributed by atoms with Gasteiger partial charge in [-0.15, -0.1) is 10.2 Å². The number of piperidine rings is 1. The van der Waals surface area contributed by atoms with E-state index >= 15 is 0 Å². The average Bonchev–Trinajstić information content (AvgIpc) is 3.18. The van der Waals surface area contributed by atoms with E-state index in [0.717, 1.165) is 24.6 Å².